The Labute approximate surface area is 102 Å². The molecule has 2 rings (SSSR count). The highest BCUT2D eigenvalue weighted by molar-refractivity contribution is 5.24. The van der Waals surface area contributed by atoms with Gasteiger partial charge < -0.3 is 10.3 Å². The van der Waals surface area contributed by atoms with E-state index in [9.17, 15) is 0 Å². The molecule has 17 heavy (non-hydrogen) atoms. The Hall–Kier alpha value is -1.61. The van der Waals surface area contributed by atoms with Gasteiger partial charge in [0, 0.05) is 19.3 Å². The first kappa shape index (κ1) is 11.9. The van der Waals surface area contributed by atoms with Crippen LogP contribution in [-0.4, -0.2) is 9.55 Å². The number of aromatic nitrogens is 2. The fourth-order valence-corrected chi connectivity index (χ4v) is 2.13. The third-order valence-corrected chi connectivity index (χ3v) is 3.07. The Balaban J connectivity index is 2.09. The van der Waals surface area contributed by atoms with Crippen molar-refractivity contribution in [2.24, 2.45) is 12.8 Å². The number of hydrogen-bond donors (Lipinski definition) is 1. The first-order valence-electron chi connectivity index (χ1n) is 5.95. The van der Waals surface area contributed by atoms with Crippen LogP contribution in [0.2, 0.25) is 0 Å². The van der Waals surface area contributed by atoms with Crippen LogP contribution in [0.25, 0.3) is 0 Å². The summed E-state index contributed by atoms with van der Waals surface area (Å²) in [7, 11) is 2.03. The number of imidazole rings is 1. The largest absolute Gasteiger partial charge is 0.337 e. The zero-order valence-corrected chi connectivity index (χ0v) is 10.5. The maximum Gasteiger partial charge on any atom is 0.0949 e. The minimum Gasteiger partial charge on any atom is -0.337 e. The van der Waals surface area contributed by atoms with Crippen LogP contribution < -0.4 is 5.73 Å². The van der Waals surface area contributed by atoms with Gasteiger partial charge in [-0.3, -0.25) is 0 Å². The van der Waals surface area contributed by atoms with Crippen molar-refractivity contribution in [2.45, 2.75) is 26.3 Å². The summed E-state index contributed by atoms with van der Waals surface area (Å²) < 4.78 is 2.07. The van der Waals surface area contributed by atoms with E-state index in [1.807, 2.05) is 13.4 Å². The van der Waals surface area contributed by atoms with E-state index in [4.69, 9.17) is 5.73 Å². The summed E-state index contributed by atoms with van der Waals surface area (Å²) in [4.78, 5) is 4.30. The van der Waals surface area contributed by atoms with E-state index in [1.54, 1.807) is 0 Å². The first-order chi connectivity index (χ1) is 8.20. The first-order valence-corrected chi connectivity index (χ1v) is 5.95. The van der Waals surface area contributed by atoms with E-state index >= 15 is 0 Å². The van der Waals surface area contributed by atoms with E-state index in [1.165, 1.54) is 16.8 Å². The van der Waals surface area contributed by atoms with E-state index in [-0.39, 0.29) is 0 Å². The molecule has 0 saturated heterocycles. The highest BCUT2D eigenvalue weighted by Gasteiger charge is 2.07. The third kappa shape index (κ3) is 2.74. The van der Waals surface area contributed by atoms with Crippen LogP contribution in [0.3, 0.4) is 0 Å². The van der Waals surface area contributed by atoms with E-state index < -0.39 is 0 Å². The molecule has 1 aromatic carbocycles. The Morgan fingerprint density at radius 2 is 2.12 bits per heavy atom. The number of benzene rings is 1. The summed E-state index contributed by atoms with van der Waals surface area (Å²) >= 11 is 0. The van der Waals surface area contributed by atoms with Crippen molar-refractivity contribution >= 4 is 0 Å². The van der Waals surface area contributed by atoms with Gasteiger partial charge in [-0.25, -0.2) is 4.98 Å². The average Bonchev–Trinajstić information content (AvgIpc) is 2.67. The Morgan fingerprint density at radius 1 is 1.29 bits per heavy atom. The summed E-state index contributed by atoms with van der Waals surface area (Å²) in [5.41, 5.74) is 10.6. The monoisotopic (exact) mass is 229 g/mol. The normalized spacial score (nSPS) is 10.8. The Bertz CT molecular complexity index is 500. The quantitative estimate of drug-likeness (QED) is 0.871. The smallest absolute Gasteiger partial charge is 0.0949 e. The molecule has 0 fully saturated rings. The molecule has 0 saturated carbocycles. The molecule has 0 amide bonds. The van der Waals surface area contributed by atoms with Gasteiger partial charge in [0.2, 0.25) is 0 Å². The summed E-state index contributed by atoms with van der Waals surface area (Å²) in [5, 5.41) is 0. The molecule has 2 N–H and O–H groups in total. The van der Waals surface area contributed by atoms with Gasteiger partial charge in [-0.2, -0.15) is 0 Å². The summed E-state index contributed by atoms with van der Waals surface area (Å²) in [6.45, 7) is 2.64. The molecule has 0 aliphatic rings. The van der Waals surface area contributed by atoms with Crippen LogP contribution >= 0.6 is 0 Å². The van der Waals surface area contributed by atoms with E-state index in [0.29, 0.717) is 6.54 Å². The standard InChI is InChI=1S/C14H19N3/c1-11-4-3-5-12(8-11)6-7-14-13(9-15)16-10-17(14)2/h3-5,8,10H,6-7,9,15H2,1-2H3. The second-order valence-electron chi connectivity index (χ2n) is 4.44. The average molecular weight is 229 g/mol. The van der Waals surface area contributed by atoms with Crippen LogP contribution in [0, 0.1) is 6.92 Å². The SMILES string of the molecule is Cc1cccc(CCc2c(CN)ncn2C)c1. The van der Waals surface area contributed by atoms with Gasteiger partial charge in [0.15, 0.2) is 0 Å². The van der Waals surface area contributed by atoms with Crippen molar-refractivity contribution in [1.29, 1.82) is 0 Å². The minimum atomic E-state index is 0.518. The molecule has 3 heteroatoms. The van der Waals surface area contributed by atoms with Gasteiger partial charge in [0.05, 0.1) is 12.0 Å². The lowest BCUT2D eigenvalue weighted by molar-refractivity contribution is 0.785. The molecule has 0 spiro atoms. The lowest BCUT2D eigenvalue weighted by Crippen LogP contribution is -2.05. The molecule has 0 radical (unpaired) electrons. The van der Waals surface area contributed by atoms with Gasteiger partial charge in [0.25, 0.3) is 0 Å². The molecule has 1 heterocycles. The van der Waals surface area contributed by atoms with Crippen LogP contribution in [0.4, 0.5) is 0 Å². The zero-order valence-electron chi connectivity index (χ0n) is 10.5. The van der Waals surface area contributed by atoms with Crippen LogP contribution in [0.15, 0.2) is 30.6 Å². The van der Waals surface area contributed by atoms with Crippen molar-refractivity contribution in [2.75, 3.05) is 0 Å². The van der Waals surface area contributed by atoms with Crippen molar-refractivity contribution in [3.05, 3.63) is 53.1 Å². The predicted octanol–water partition coefficient (Wildman–Crippen LogP) is 1.97. The lowest BCUT2D eigenvalue weighted by Gasteiger charge is -2.06. The zero-order chi connectivity index (χ0) is 12.3. The van der Waals surface area contributed by atoms with Gasteiger partial charge in [-0.05, 0) is 25.3 Å². The van der Waals surface area contributed by atoms with Crippen molar-refractivity contribution in [1.82, 2.24) is 9.55 Å². The van der Waals surface area contributed by atoms with Gasteiger partial charge in [0.1, 0.15) is 0 Å². The van der Waals surface area contributed by atoms with Crippen molar-refractivity contribution in [3.63, 3.8) is 0 Å². The fraction of sp³-hybridized carbons (Fsp3) is 0.357. The molecule has 1 aromatic heterocycles. The molecule has 0 aliphatic carbocycles. The lowest BCUT2D eigenvalue weighted by atomic mass is 10.0. The van der Waals surface area contributed by atoms with E-state index in [0.717, 1.165) is 18.5 Å². The number of nitrogens with two attached hydrogens (primary N) is 1. The van der Waals surface area contributed by atoms with Crippen LogP contribution in [-0.2, 0) is 26.4 Å². The molecule has 0 bridgehead atoms. The number of hydrogen-bond acceptors (Lipinski definition) is 2. The number of rotatable bonds is 4. The molecule has 0 unspecified atom stereocenters. The summed E-state index contributed by atoms with van der Waals surface area (Å²) in [5.74, 6) is 0. The summed E-state index contributed by atoms with van der Waals surface area (Å²) in [6, 6.07) is 8.64. The highest BCUT2D eigenvalue weighted by Crippen LogP contribution is 2.11. The van der Waals surface area contributed by atoms with Crippen LogP contribution in [0.5, 0.6) is 0 Å². The molecule has 90 valence electrons. The van der Waals surface area contributed by atoms with Crippen molar-refractivity contribution < 1.29 is 0 Å². The number of nitrogens with zero attached hydrogens (tertiary/aromatic N) is 2. The molecular weight excluding hydrogens is 210 g/mol. The highest BCUT2D eigenvalue weighted by atomic mass is 15.0. The Kier molecular flexibility index (Phi) is 3.59. The molecule has 0 aliphatic heterocycles. The number of aryl methyl sites for hydroxylation is 3. The predicted molar refractivity (Wildman–Crippen MR) is 69.7 cm³/mol. The summed E-state index contributed by atoms with van der Waals surface area (Å²) in [6.07, 6.45) is 3.87. The minimum absolute atomic E-state index is 0.518. The van der Waals surface area contributed by atoms with Crippen LogP contribution in [0.1, 0.15) is 22.5 Å². The second-order valence-corrected chi connectivity index (χ2v) is 4.44. The van der Waals surface area contributed by atoms with Crippen molar-refractivity contribution in [3.8, 4) is 0 Å². The molecule has 3 nitrogen and oxygen atoms in total. The maximum absolute atomic E-state index is 5.68. The van der Waals surface area contributed by atoms with Gasteiger partial charge in [-0.15, -0.1) is 0 Å². The Morgan fingerprint density at radius 3 is 2.82 bits per heavy atom. The second kappa shape index (κ2) is 5.15. The van der Waals surface area contributed by atoms with E-state index in [2.05, 4.69) is 40.7 Å². The maximum atomic E-state index is 5.68. The molecule has 2 aromatic rings. The fourth-order valence-electron chi connectivity index (χ4n) is 2.13. The third-order valence-electron chi connectivity index (χ3n) is 3.07. The molecule has 0 atom stereocenters. The topological polar surface area (TPSA) is 43.8 Å². The van der Waals surface area contributed by atoms with Gasteiger partial charge >= 0.3 is 0 Å². The molecular formula is C14H19N3. The van der Waals surface area contributed by atoms with Gasteiger partial charge in [-0.1, -0.05) is 29.8 Å².